The van der Waals surface area contributed by atoms with Crippen molar-refractivity contribution in [2.75, 3.05) is 0 Å². The van der Waals surface area contributed by atoms with E-state index in [0.29, 0.717) is 0 Å². The van der Waals surface area contributed by atoms with Crippen molar-refractivity contribution in [3.8, 4) is 55.9 Å². The summed E-state index contributed by atoms with van der Waals surface area (Å²) in [5.41, 5.74) is 20.9. The summed E-state index contributed by atoms with van der Waals surface area (Å²) in [7, 11) is 0. The van der Waals surface area contributed by atoms with E-state index >= 15 is 0 Å². The van der Waals surface area contributed by atoms with Gasteiger partial charge < -0.3 is 9.13 Å². The molecule has 0 aliphatic heterocycles. The van der Waals surface area contributed by atoms with Crippen LogP contribution in [0, 0.1) is 0 Å². The number of nitrogens with zero attached hydrogens (tertiary/aromatic N) is 2. The summed E-state index contributed by atoms with van der Waals surface area (Å²) in [5.74, 6) is 0. The smallest absolute Gasteiger partial charge is 0.0701 e. The third kappa shape index (κ3) is 7.49. The van der Waals surface area contributed by atoms with Gasteiger partial charge in [-0.05, 0) is 133 Å². The minimum absolute atomic E-state index is 0.580. The summed E-state index contributed by atoms with van der Waals surface area (Å²) in [5, 5.41) is 4.90. The normalized spacial score (nSPS) is 11.7. The lowest BCUT2D eigenvalue weighted by atomic mass is 9.65. The van der Waals surface area contributed by atoms with E-state index in [1.807, 2.05) is 0 Å². The molecule has 0 unspecified atom stereocenters. The number of hydrogen-bond acceptors (Lipinski definition) is 0. The molecule has 0 spiro atoms. The first kappa shape index (κ1) is 44.0. The fraction of sp³-hybridized carbons (Fsp3) is 0.0137. The van der Waals surface area contributed by atoms with Gasteiger partial charge in [-0.3, -0.25) is 0 Å². The SMILES string of the molecule is c1ccc(-c2ccc(-n3c4ccccc4c4cc(-c5ccc(-c6ccc7c(c6)c6cc(C(c8ccccc8)(c8ccccc8)c8ccccc8)ccc6n7-c6ccc(-c7ccccc7)cc6)cc5)ccc43)cc2)cc1. The van der Waals surface area contributed by atoms with Crippen molar-refractivity contribution in [3.05, 3.63) is 326 Å². The van der Waals surface area contributed by atoms with Crippen molar-refractivity contribution < 1.29 is 0 Å². The average Bonchev–Trinajstić information content (AvgIpc) is 4.07. The standard InChI is InChI=1S/C73H50N2/c1-6-18-51(19-7-1)53-34-41-63(42-35-53)74-69-29-17-16-28-65(69)66-48-57(38-45-70(66)74)55-30-32-56(33-31-55)58-39-46-71-67(49-58)68-50-62(40-47-72(68)75(71)64-43-36-54(37-44-64)52-20-8-2-9-21-52)73(59-22-10-3-11-23-59,60-24-12-4-13-25-60)61-26-14-5-15-27-61/h1-50H. The van der Waals surface area contributed by atoms with Crippen LogP contribution in [-0.4, -0.2) is 9.13 Å². The fourth-order valence-electron chi connectivity index (χ4n) is 11.9. The molecule has 75 heavy (non-hydrogen) atoms. The van der Waals surface area contributed by atoms with Gasteiger partial charge in [0.05, 0.1) is 27.5 Å². The number of aromatic nitrogens is 2. The van der Waals surface area contributed by atoms with Crippen LogP contribution in [0.1, 0.15) is 22.3 Å². The molecule has 2 nitrogen and oxygen atoms in total. The van der Waals surface area contributed by atoms with E-state index in [0.717, 1.165) is 16.9 Å². The minimum Gasteiger partial charge on any atom is -0.309 e. The molecule has 0 amide bonds. The van der Waals surface area contributed by atoms with Crippen LogP contribution in [-0.2, 0) is 5.41 Å². The Morgan fingerprint density at radius 3 is 0.920 bits per heavy atom. The molecule has 0 saturated heterocycles. The maximum Gasteiger partial charge on any atom is 0.0701 e. The van der Waals surface area contributed by atoms with Crippen LogP contribution in [0.15, 0.2) is 303 Å². The lowest BCUT2D eigenvalue weighted by molar-refractivity contribution is 0.746. The van der Waals surface area contributed by atoms with Crippen molar-refractivity contribution in [3.63, 3.8) is 0 Å². The van der Waals surface area contributed by atoms with Crippen molar-refractivity contribution in [2.24, 2.45) is 0 Å². The molecule has 2 heteroatoms. The van der Waals surface area contributed by atoms with Gasteiger partial charge in [0.2, 0.25) is 0 Å². The van der Waals surface area contributed by atoms with Crippen molar-refractivity contribution in [1.82, 2.24) is 9.13 Å². The van der Waals surface area contributed by atoms with Crippen LogP contribution in [0.3, 0.4) is 0 Å². The van der Waals surface area contributed by atoms with Gasteiger partial charge in [0.1, 0.15) is 0 Å². The Labute approximate surface area is 437 Å². The average molecular weight is 955 g/mol. The van der Waals surface area contributed by atoms with Crippen LogP contribution < -0.4 is 0 Å². The highest BCUT2D eigenvalue weighted by atomic mass is 15.0. The molecule has 352 valence electrons. The fourth-order valence-corrected chi connectivity index (χ4v) is 11.9. The molecule has 0 bridgehead atoms. The van der Waals surface area contributed by atoms with Crippen molar-refractivity contribution in [2.45, 2.75) is 5.41 Å². The molecule has 2 heterocycles. The molecule has 0 fully saturated rings. The van der Waals surface area contributed by atoms with E-state index in [1.165, 1.54) is 105 Å². The maximum atomic E-state index is 2.47. The number of hydrogen-bond donors (Lipinski definition) is 0. The van der Waals surface area contributed by atoms with Gasteiger partial charge in [0.25, 0.3) is 0 Å². The number of benzene rings is 12. The van der Waals surface area contributed by atoms with E-state index < -0.39 is 5.41 Å². The first-order valence-corrected chi connectivity index (χ1v) is 25.9. The molecule has 14 aromatic rings. The van der Waals surface area contributed by atoms with Gasteiger partial charge in [0, 0.05) is 32.9 Å². The third-order valence-electron chi connectivity index (χ3n) is 15.5. The van der Waals surface area contributed by atoms with Gasteiger partial charge in [-0.1, -0.05) is 237 Å². The highest BCUT2D eigenvalue weighted by Gasteiger charge is 2.38. The van der Waals surface area contributed by atoms with E-state index in [-0.39, 0.29) is 0 Å². The first-order chi connectivity index (χ1) is 37.2. The lowest BCUT2D eigenvalue weighted by Crippen LogP contribution is -2.30. The molecule has 0 atom stereocenters. The molecule has 0 saturated carbocycles. The Morgan fingerprint density at radius 1 is 0.187 bits per heavy atom. The zero-order valence-electron chi connectivity index (χ0n) is 41.3. The number of rotatable bonds is 10. The van der Waals surface area contributed by atoms with Crippen LogP contribution in [0.4, 0.5) is 0 Å². The van der Waals surface area contributed by atoms with Crippen LogP contribution in [0.25, 0.3) is 99.5 Å². The highest BCUT2D eigenvalue weighted by Crippen LogP contribution is 2.47. The molecule has 0 aliphatic rings. The summed E-state index contributed by atoms with van der Waals surface area (Å²) in [6.07, 6.45) is 0. The summed E-state index contributed by atoms with van der Waals surface area (Å²) in [4.78, 5) is 0. The third-order valence-corrected chi connectivity index (χ3v) is 15.5. The second-order valence-corrected chi connectivity index (χ2v) is 19.6. The number of fused-ring (bicyclic) bond motifs is 6. The quantitative estimate of drug-likeness (QED) is 0.121. The largest absolute Gasteiger partial charge is 0.309 e. The van der Waals surface area contributed by atoms with Gasteiger partial charge >= 0.3 is 0 Å². The molecule has 0 aliphatic carbocycles. The maximum absolute atomic E-state index is 2.47. The Hall–Kier alpha value is -9.76. The molecular formula is C73H50N2. The van der Waals surface area contributed by atoms with E-state index in [2.05, 4.69) is 312 Å². The predicted octanol–water partition coefficient (Wildman–Crippen LogP) is 18.9. The summed E-state index contributed by atoms with van der Waals surface area (Å²) >= 11 is 0. The Bertz CT molecular complexity index is 4230. The van der Waals surface area contributed by atoms with Crippen LogP contribution in [0.5, 0.6) is 0 Å². The lowest BCUT2D eigenvalue weighted by Gasteiger charge is -2.37. The van der Waals surface area contributed by atoms with Gasteiger partial charge in [-0.25, -0.2) is 0 Å². The Kier molecular flexibility index (Phi) is 10.8. The molecule has 0 N–H and O–H groups in total. The highest BCUT2D eigenvalue weighted by molar-refractivity contribution is 6.12. The zero-order chi connectivity index (χ0) is 49.7. The summed E-state index contributed by atoms with van der Waals surface area (Å²) in [6.45, 7) is 0. The van der Waals surface area contributed by atoms with E-state index in [4.69, 9.17) is 0 Å². The molecular weight excluding hydrogens is 905 g/mol. The minimum atomic E-state index is -0.580. The van der Waals surface area contributed by atoms with Crippen molar-refractivity contribution in [1.29, 1.82) is 0 Å². The van der Waals surface area contributed by atoms with Crippen LogP contribution >= 0.6 is 0 Å². The van der Waals surface area contributed by atoms with Gasteiger partial charge in [-0.2, -0.15) is 0 Å². The summed E-state index contributed by atoms with van der Waals surface area (Å²) in [6, 6.07) is 111. The first-order valence-electron chi connectivity index (χ1n) is 25.9. The van der Waals surface area contributed by atoms with Gasteiger partial charge in [-0.15, -0.1) is 0 Å². The second-order valence-electron chi connectivity index (χ2n) is 19.6. The topological polar surface area (TPSA) is 9.86 Å². The Morgan fingerprint density at radius 2 is 0.480 bits per heavy atom. The second kappa shape index (κ2) is 18.4. The van der Waals surface area contributed by atoms with E-state index in [1.54, 1.807) is 0 Å². The molecule has 0 radical (unpaired) electrons. The predicted molar refractivity (Wildman–Crippen MR) is 315 cm³/mol. The van der Waals surface area contributed by atoms with Crippen LogP contribution in [0.2, 0.25) is 0 Å². The molecule has 14 rings (SSSR count). The molecule has 2 aromatic heterocycles. The Balaban J connectivity index is 0.892. The van der Waals surface area contributed by atoms with E-state index in [9.17, 15) is 0 Å². The van der Waals surface area contributed by atoms with Gasteiger partial charge in [0.15, 0.2) is 0 Å². The summed E-state index contributed by atoms with van der Waals surface area (Å²) < 4.78 is 4.84. The van der Waals surface area contributed by atoms with Crippen molar-refractivity contribution >= 4 is 43.6 Å². The number of para-hydroxylation sites is 1. The molecule has 12 aromatic carbocycles. The monoisotopic (exact) mass is 954 g/mol. The zero-order valence-corrected chi connectivity index (χ0v) is 41.3.